The largest absolute Gasteiger partial charge is 0.300 e. The molecule has 0 fully saturated rings. The first kappa shape index (κ1) is 14.2. The first-order valence-corrected chi connectivity index (χ1v) is 9.05. The maximum absolute atomic E-state index is 6.07. The number of thiophene rings is 2. The van der Waals surface area contributed by atoms with Gasteiger partial charge in [-0.2, -0.15) is 0 Å². The lowest BCUT2D eigenvalue weighted by molar-refractivity contribution is 0.626. The molecule has 1 unspecified atom stereocenters. The standard InChI is InChI=1S/C14H13ClN2S3/c1-9-16-7-10(19-9)8-17-14(11-3-2-6-18-11)12-4-5-13(15)20-12/h2-7,14,17H,8H2,1H3. The zero-order valence-corrected chi connectivity index (χ0v) is 14.0. The molecule has 0 saturated heterocycles. The number of halogens is 1. The van der Waals surface area contributed by atoms with Crippen LogP contribution in [0.3, 0.4) is 0 Å². The summed E-state index contributed by atoms with van der Waals surface area (Å²) in [6.07, 6.45) is 1.94. The molecule has 1 N–H and O–H groups in total. The van der Waals surface area contributed by atoms with Gasteiger partial charge >= 0.3 is 0 Å². The molecule has 0 radical (unpaired) electrons. The van der Waals surface area contributed by atoms with Crippen molar-refractivity contribution in [2.24, 2.45) is 0 Å². The summed E-state index contributed by atoms with van der Waals surface area (Å²) in [5, 5.41) is 6.83. The van der Waals surface area contributed by atoms with E-state index >= 15 is 0 Å². The van der Waals surface area contributed by atoms with Gasteiger partial charge in [0.05, 0.1) is 15.4 Å². The van der Waals surface area contributed by atoms with Crippen molar-refractivity contribution in [3.05, 3.63) is 59.8 Å². The molecule has 0 saturated carbocycles. The number of nitrogens with zero attached hydrogens (tertiary/aromatic N) is 1. The number of rotatable bonds is 5. The third-order valence-corrected chi connectivity index (χ3v) is 6.00. The minimum Gasteiger partial charge on any atom is -0.300 e. The molecule has 0 spiro atoms. The Morgan fingerprint density at radius 3 is 2.75 bits per heavy atom. The Labute approximate surface area is 135 Å². The lowest BCUT2D eigenvalue weighted by Gasteiger charge is -2.15. The molecule has 20 heavy (non-hydrogen) atoms. The van der Waals surface area contributed by atoms with Crippen molar-refractivity contribution >= 4 is 45.6 Å². The first-order chi connectivity index (χ1) is 9.72. The number of nitrogens with one attached hydrogen (secondary N) is 1. The summed E-state index contributed by atoms with van der Waals surface area (Å²) in [5.74, 6) is 0. The Morgan fingerprint density at radius 1 is 1.25 bits per heavy atom. The summed E-state index contributed by atoms with van der Waals surface area (Å²) in [6, 6.07) is 8.51. The van der Waals surface area contributed by atoms with Crippen molar-refractivity contribution in [3.8, 4) is 0 Å². The lowest BCUT2D eigenvalue weighted by Crippen LogP contribution is -2.19. The molecule has 1 atom stereocenters. The van der Waals surface area contributed by atoms with Crippen molar-refractivity contribution in [1.82, 2.24) is 10.3 Å². The van der Waals surface area contributed by atoms with Crippen molar-refractivity contribution in [1.29, 1.82) is 0 Å². The molecule has 3 rings (SSSR count). The van der Waals surface area contributed by atoms with Crippen LogP contribution in [0.4, 0.5) is 0 Å². The van der Waals surface area contributed by atoms with Gasteiger partial charge in [-0.3, -0.25) is 5.32 Å². The first-order valence-electron chi connectivity index (χ1n) is 6.15. The van der Waals surface area contributed by atoms with Crippen molar-refractivity contribution in [2.45, 2.75) is 19.5 Å². The van der Waals surface area contributed by atoms with E-state index in [1.54, 1.807) is 34.0 Å². The second-order valence-corrected chi connectivity index (χ2v) is 8.36. The molecule has 0 bridgehead atoms. The summed E-state index contributed by atoms with van der Waals surface area (Å²) >= 11 is 11.2. The average molecular weight is 341 g/mol. The summed E-state index contributed by atoms with van der Waals surface area (Å²) in [4.78, 5) is 8.11. The molecule has 0 aliphatic heterocycles. The number of aryl methyl sites for hydroxylation is 1. The monoisotopic (exact) mass is 340 g/mol. The third-order valence-electron chi connectivity index (χ3n) is 2.86. The van der Waals surface area contributed by atoms with Gasteiger partial charge in [0, 0.05) is 27.4 Å². The zero-order valence-electron chi connectivity index (χ0n) is 10.8. The highest BCUT2D eigenvalue weighted by molar-refractivity contribution is 7.16. The molecule has 104 valence electrons. The molecule has 6 heteroatoms. The van der Waals surface area contributed by atoms with Gasteiger partial charge in [0.2, 0.25) is 0 Å². The SMILES string of the molecule is Cc1ncc(CNC(c2cccs2)c2ccc(Cl)s2)s1. The highest BCUT2D eigenvalue weighted by Gasteiger charge is 2.17. The Kier molecular flexibility index (Phi) is 4.53. The van der Waals surface area contributed by atoms with Gasteiger partial charge < -0.3 is 0 Å². The van der Waals surface area contributed by atoms with Gasteiger partial charge in [-0.05, 0) is 30.5 Å². The Bertz CT molecular complexity index is 672. The number of hydrogen-bond acceptors (Lipinski definition) is 5. The lowest BCUT2D eigenvalue weighted by atomic mass is 10.2. The molecule has 2 nitrogen and oxygen atoms in total. The van der Waals surface area contributed by atoms with E-state index in [0.29, 0.717) is 0 Å². The third kappa shape index (κ3) is 3.30. The van der Waals surface area contributed by atoms with Crippen LogP contribution in [0.2, 0.25) is 4.34 Å². The second kappa shape index (κ2) is 6.37. The van der Waals surface area contributed by atoms with Gasteiger partial charge in [-0.25, -0.2) is 4.98 Å². The van der Waals surface area contributed by atoms with E-state index in [0.717, 1.165) is 15.9 Å². The Hall–Kier alpha value is -0.720. The molecule has 0 aromatic carbocycles. The fourth-order valence-corrected chi connectivity index (χ4v) is 4.76. The van der Waals surface area contributed by atoms with Gasteiger partial charge in [0.1, 0.15) is 0 Å². The van der Waals surface area contributed by atoms with Crippen LogP contribution in [-0.2, 0) is 6.54 Å². The predicted octanol–water partition coefficient (Wildman–Crippen LogP) is 5.11. The van der Waals surface area contributed by atoms with Crippen LogP contribution in [0, 0.1) is 6.92 Å². The topological polar surface area (TPSA) is 24.9 Å². The van der Waals surface area contributed by atoms with E-state index in [-0.39, 0.29) is 6.04 Å². The van der Waals surface area contributed by atoms with E-state index in [4.69, 9.17) is 11.6 Å². The summed E-state index contributed by atoms with van der Waals surface area (Å²) in [5.41, 5.74) is 0. The average Bonchev–Trinajstić information content (AvgIpc) is 3.13. The summed E-state index contributed by atoms with van der Waals surface area (Å²) in [6.45, 7) is 2.85. The Morgan fingerprint density at radius 2 is 2.15 bits per heavy atom. The minimum absolute atomic E-state index is 0.204. The van der Waals surface area contributed by atoms with Crippen molar-refractivity contribution < 1.29 is 0 Å². The number of aromatic nitrogens is 1. The van der Waals surface area contributed by atoms with Crippen LogP contribution >= 0.6 is 45.6 Å². The van der Waals surface area contributed by atoms with Crippen LogP contribution < -0.4 is 5.32 Å². The van der Waals surface area contributed by atoms with Gasteiger partial charge in [0.15, 0.2) is 0 Å². The number of thiazole rings is 1. The molecular formula is C14H13ClN2S3. The van der Waals surface area contributed by atoms with Crippen LogP contribution in [0.25, 0.3) is 0 Å². The van der Waals surface area contributed by atoms with Crippen molar-refractivity contribution in [3.63, 3.8) is 0 Å². The summed E-state index contributed by atoms with van der Waals surface area (Å²) < 4.78 is 0.831. The van der Waals surface area contributed by atoms with Crippen LogP contribution in [0.1, 0.15) is 25.7 Å². The zero-order chi connectivity index (χ0) is 13.9. The van der Waals surface area contributed by atoms with E-state index in [9.17, 15) is 0 Å². The van der Waals surface area contributed by atoms with E-state index in [2.05, 4.69) is 33.9 Å². The molecule has 3 aromatic heterocycles. The van der Waals surface area contributed by atoms with E-state index in [1.807, 2.05) is 19.2 Å². The predicted molar refractivity (Wildman–Crippen MR) is 89.2 cm³/mol. The smallest absolute Gasteiger partial charge is 0.0931 e. The Balaban J connectivity index is 1.79. The van der Waals surface area contributed by atoms with Gasteiger partial charge in [0.25, 0.3) is 0 Å². The molecule has 3 aromatic rings. The molecular weight excluding hydrogens is 328 g/mol. The van der Waals surface area contributed by atoms with Crippen LogP contribution in [0.15, 0.2) is 35.8 Å². The van der Waals surface area contributed by atoms with E-state index in [1.165, 1.54) is 14.6 Å². The molecule has 0 aliphatic carbocycles. The second-order valence-electron chi connectivity index (χ2n) is 4.32. The van der Waals surface area contributed by atoms with Gasteiger partial charge in [-0.15, -0.1) is 34.0 Å². The quantitative estimate of drug-likeness (QED) is 0.698. The normalized spacial score (nSPS) is 12.7. The maximum Gasteiger partial charge on any atom is 0.0931 e. The number of hydrogen-bond donors (Lipinski definition) is 1. The summed E-state index contributed by atoms with van der Waals surface area (Å²) in [7, 11) is 0. The van der Waals surface area contributed by atoms with Gasteiger partial charge in [-0.1, -0.05) is 17.7 Å². The fourth-order valence-electron chi connectivity index (χ4n) is 1.97. The highest BCUT2D eigenvalue weighted by Crippen LogP contribution is 2.33. The van der Waals surface area contributed by atoms with Crippen LogP contribution in [0.5, 0.6) is 0 Å². The molecule has 3 heterocycles. The van der Waals surface area contributed by atoms with Crippen LogP contribution in [-0.4, -0.2) is 4.98 Å². The highest BCUT2D eigenvalue weighted by atomic mass is 35.5. The fraction of sp³-hybridized carbons (Fsp3) is 0.214. The van der Waals surface area contributed by atoms with E-state index < -0.39 is 0 Å². The van der Waals surface area contributed by atoms with Crippen molar-refractivity contribution in [2.75, 3.05) is 0 Å². The minimum atomic E-state index is 0.204. The molecule has 0 aliphatic rings. The molecule has 0 amide bonds. The maximum atomic E-state index is 6.07.